The highest BCUT2D eigenvalue weighted by atomic mass is 19.4. The van der Waals surface area contributed by atoms with Gasteiger partial charge in [-0.25, -0.2) is 9.37 Å². The fourth-order valence-electron chi connectivity index (χ4n) is 3.75. The molecule has 4 nitrogen and oxygen atoms in total. The Kier molecular flexibility index (Phi) is 5.19. The number of rotatable bonds is 3. The summed E-state index contributed by atoms with van der Waals surface area (Å²) >= 11 is 0. The topological polar surface area (TPSA) is 49.2 Å². The molecule has 0 saturated carbocycles. The van der Waals surface area contributed by atoms with E-state index in [9.17, 15) is 22.7 Å². The second-order valence-electron chi connectivity index (χ2n) is 7.33. The van der Waals surface area contributed by atoms with Crippen molar-refractivity contribution in [3.63, 3.8) is 0 Å². The minimum absolute atomic E-state index is 0.0285. The molecule has 1 aliphatic heterocycles. The van der Waals surface area contributed by atoms with Crippen LogP contribution in [0.5, 0.6) is 0 Å². The fourth-order valence-corrected chi connectivity index (χ4v) is 3.75. The number of nitrogens with zero attached hydrogens (tertiary/aromatic N) is 3. The predicted octanol–water partition coefficient (Wildman–Crippen LogP) is 4.79. The number of aliphatic hydroxyl groups is 1. The number of alkyl halides is 3. The van der Waals surface area contributed by atoms with Crippen molar-refractivity contribution in [2.24, 2.45) is 0 Å². The van der Waals surface area contributed by atoms with Crippen LogP contribution in [0.2, 0.25) is 0 Å². The van der Waals surface area contributed by atoms with Crippen LogP contribution in [0.1, 0.15) is 24.0 Å². The Morgan fingerprint density at radius 1 is 0.933 bits per heavy atom. The van der Waals surface area contributed by atoms with E-state index in [1.807, 2.05) is 4.90 Å². The highest BCUT2D eigenvalue weighted by Gasteiger charge is 2.35. The van der Waals surface area contributed by atoms with Crippen LogP contribution in [0, 0.1) is 5.82 Å². The van der Waals surface area contributed by atoms with E-state index in [0.29, 0.717) is 37.3 Å². The lowest BCUT2D eigenvalue weighted by Crippen LogP contribution is -2.43. The average molecular weight is 417 g/mol. The third kappa shape index (κ3) is 4.00. The largest absolute Gasteiger partial charge is 0.417 e. The van der Waals surface area contributed by atoms with Gasteiger partial charge in [-0.05, 0) is 36.6 Å². The molecule has 156 valence electrons. The Morgan fingerprint density at radius 3 is 2.27 bits per heavy atom. The Labute approximate surface area is 170 Å². The summed E-state index contributed by atoms with van der Waals surface area (Å²) in [6.45, 7) is 0.875. The van der Waals surface area contributed by atoms with Crippen molar-refractivity contribution >= 4 is 5.82 Å². The maximum Gasteiger partial charge on any atom is 0.417 e. The molecule has 0 amide bonds. The molecular formula is C22H19F4N3O. The van der Waals surface area contributed by atoms with Crippen LogP contribution in [0.15, 0.2) is 60.9 Å². The van der Waals surface area contributed by atoms with Gasteiger partial charge in [-0.1, -0.05) is 30.3 Å². The van der Waals surface area contributed by atoms with E-state index in [2.05, 4.69) is 9.97 Å². The molecule has 3 aromatic rings. The molecule has 0 spiro atoms. The van der Waals surface area contributed by atoms with Crippen molar-refractivity contribution in [1.82, 2.24) is 9.97 Å². The lowest BCUT2D eigenvalue weighted by atomic mass is 9.84. The number of anilines is 1. The lowest BCUT2D eigenvalue weighted by Gasteiger charge is -2.39. The Morgan fingerprint density at radius 2 is 1.60 bits per heavy atom. The first-order chi connectivity index (χ1) is 14.3. The van der Waals surface area contributed by atoms with Gasteiger partial charge in [0.2, 0.25) is 0 Å². The van der Waals surface area contributed by atoms with E-state index in [1.165, 1.54) is 42.7 Å². The summed E-state index contributed by atoms with van der Waals surface area (Å²) in [5.41, 5.74) is -1.10. The van der Waals surface area contributed by atoms with Gasteiger partial charge >= 0.3 is 6.18 Å². The Hall–Kier alpha value is -3.00. The number of halogens is 4. The molecular weight excluding hydrogens is 398 g/mol. The van der Waals surface area contributed by atoms with Crippen molar-refractivity contribution in [1.29, 1.82) is 0 Å². The van der Waals surface area contributed by atoms with Crippen molar-refractivity contribution in [3.05, 3.63) is 77.9 Å². The fraction of sp³-hybridized carbons (Fsp3) is 0.273. The summed E-state index contributed by atoms with van der Waals surface area (Å²) in [7, 11) is 0. The van der Waals surface area contributed by atoms with Gasteiger partial charge in [0.1, 0.15) is 11.6 Å². The molecule has 0 radical (unpaired) electrons. The van der Waals surface area contributed by atoms with Crippen LogP contribution in [0.4, 0.5) is 23.4 Å². The minimum Gasteiger partial charge on any atom is -0.385 e. The summed E-state index contributed by atoms with van der Waals surface area (Å²) in [6, 6.07) is 11.0. The monoisotopic (exact) mass is 417 g/mol. The first-order valence-electron chi connectivity index (χ1n) is 9.48. The van der Waals surface area contributed by atoms with E-state index in [4.69, 9.17) is 0 Å². The molecule has 2 heterocycles. The first kappa shape index (κ1) is 20.3. The molecule has 30 heavy (non-hydrogen) atoms. The quantitative estimate of drug-likeness (QED) is 0.623. The molecule has 1 aliphatic rings. The summed E-state index contributed by atoms with van der Waals surface area (Å²) in [6.07, 6.45) is -0.923. The number of benzene rings is 2. The molecule has 4 rings (SSSR count). The van der Waals surface area contributed by atoms with E-state index in [-0.39, 0.29) is 17.1 Å². The maximum atomic E-state index is 13.4. The van der Waals surface area contributed by atoms with Gasteiger partial charge in [0, 0.05) is 18.7 Å². The van der Waals surface area contributed by atoms with Gasteiger partial charge in [0.05, 0.1) is 29.3 Å². The third-order valence-corrected chi connectivity index (χ3v) is 5.43. The molecule has 1 fully saturated rings. The number of piperidine rings is 1. The highest BCUT2D eigenvalue weighted by molar-refractivity contribution is 5.65. The first-order valence-corrected chi connectivity index (χ1v) is 9.48. The van der Waals surface area contributed by atoms with Gasteiger partial charge in [0.15, 0.2) is 0 Å². The lowest BCUT2D eigenvalue weighted by molar-refractivity contribution is -0.137. The normalized spacial score (nSPS) is 16.5. The third-order valence-electron chi connectivity index (χ3n) is 5.43. The highest BCUT2D eigenvalue weighted by Crippen LogP contribution is 2.37. The van der Waals surface area contributed by atoms with Gasteiger partial charge in [-0.3, -0.25) is 4.98 Å². The minimum atomic E-state index is -4.49. The zero-order chi connectivity index (χ0) is 21.4. The Balaban J connectivity index is 1.56. The molecule has 0 bridgehead atoms. The van der Waals surface area contributed by atoms with Crippen LogP contribution >= 0.6 is 0 Å². The molecule has 1 aromatic heterocycles. The molecule has 8 heteroatoms. The number of hydrogen-bond acceptors (Lipinski definition) is 4. The van der Waals surface area contributed by atoms with E-state index >= 15 is 0 Å². The van der Waals surface area contributed by atoms with E-state index in [1.54, 1.807) is 12.1 Å². The molecule has 1 N–H and O–H groups in total. The van der Waals surface area contributed by atoms with Gasteiger partial charge in [-0.2, -0.15) is 13.2 Å². The van der Waals surface area contributed by atoms with E-state index < -0.39 is 17.3 Å². The van der Waals surface area contributed by atoms with Crippen LogP contribution in [0.3, 0.4) is 0 Å². The van der Waals surface area contributed by atoms with Crippen molar-refractivity contribution in [2.45, 2.75) is 24.6 Å². The van der Waals surface area contributed by atoms with Crippen molar-refractivity contribution < 1.29 is 22.7 Å². The van der Waals surface area contributed by atoms with Crippen molar-refractivity contribution in [2.75, 3.05) is 18.0 Å². The SMILES string of the molecule is OC1(c2ccc(F)cc2)CCN(c2cncc(-c3ccccc3C(F)(F)F)n2)CC1. The summed E-state index contributed by atoms with van der Waals surface area (Å²) in [5.74, 6) is 0.0802. The van der Waals surface area contributed by atoms with Crippen LogP contribution in [0.25, 0.3) is 11.3 Å². The summed E-state index contributed by atoms with van der Waals surface area (Å²) in [5, 5.41) is 10.9. The number of hydrogen-bond donors (Lipinski definition) is 1. The van der Waals surface area contributed by atoms with Crippen LogP contribution < -0.4 is 4.90 Å². The van der Waals surface area contributed by atoms with Gasteiger partial charge in [0.25, 0.3) is 0 Å². The second kappa shape index (κ2) is 7.68. The zero-order valence-electron chi connectivity index (χ0n) is 15.9. The second-order valence-corrected chi connectivity index (χ2v) is 7.33. The average Bonchev–Trinajstić information content (AvgIpc) is 2.74. The van der Waals surface area contributed by atoms with Crippen molar-refractivity contribution in [3.8, 4) is 11.3 Å². The molecule has 0 atom stereocenters. The molecule has 0 aliphatic carbocycles. The van der Waals surface area contributed by atoms with Crippen LogP contribution in [-0.4, -0.2) is 28.2 Å². The predicted molar refractivity (Wildman–Crippen MR) is 104 cm³/mol. The molecule has 0 unspecified atom stereocenters. The smallest absolute Gasteiger partial charge is 0.385 e. The summed E-state index contributed by atoms with van der Waals surface area (Å²) in [4.78, 5) is 10.4. The molecule has 2 aromatic carbocycles. The number of aromatic nitrogens is 2. The molecule has 1 saturated heterocycles. The zero-order valence-corrected chi connectivity index (χ0v) is 15.9. The van der Waals surface area contributed by atoms with Gasteiger partial charge in [-0.15, -0.1) is 0 Å². The standard InChI is InChI=1S/C22H19F4N3O/c23-16-7-5-15(6-8-16)21(30)9-11-29(12-10-21)20-14-27-13-19(28-20)17-3-1-2-4-18(17)22(24,25)26/h1-8,13-14,30H,9-12H2. The summed E-state index contributed by atoms with van der Waals surface area (Å²) < 4.78 is 53.2. The Bertz CT molecular complexity index is 1030. The maximum absolute atomic E-state index is 13.4. The van der Waals surface area contributed by atoms with Crippen LogP contribution in [-0.2, 0) is 11.8 Å². The van der Waals surface area contributed by atoms with Gasteiger partial charge < -0.3 is 10.0 Å². The van der Waals surface area contributed by atoms with E-state index in [0.717, 1.165) is 6.07 Å².